The van der Waals surface area contributed by atoms with Gasteiger partial charge >= 0.3 is 5.97 Å². The molecule has 2 aromatic rings. The first-order valence-electron chi connectivity index (χ1n) is 12.3. The number of hydrogen-bond donors (Lipinski definition) is 0. The second-order valence-electron chi connectivity index (χ2n) is 9.33. The van der Waals surface area contributed by atoms with E-state index in [4.69, 9.17) is 9.47 Å². The van der Waals surface area contributed by atoms with Crippen LogP contribution in [0.5, 0.6) is 5.88 Å². The van der Waals surface area contributed by atoms with Crippen molar-refractivity contribution in [3.8, 4) is 17.0 Å². The number of carbonyl (C=O) groups is 1. The number of fused-ring (bicyclic) bond motifs is 1. The molecule has 1 aromatic heterocycles. The molecule has 0 bridgehead atoms. The van der Waals surface area contributed by atoms with Crippen LogP contribution in [-0.2, 0) is 30.7 Å². The van der Waals surface area contributed by atoms with E-state index in [0.717, 1.165) is 32.1 Å². The fourth-order valence-corrected chi connectivity index (χ4v) is 7.06. The molecule has 194 valence electrons. The number of ether oxygens (including phenoxy) is 2. The van der Waals surface area contributed by atoms with E-state index in [2.05, 4.69) is 5.10 Å². The molecule has 36 heavy (non-hydrogen) atoms. The number of nitrogens with zero attached hydrogens (tertiary/aromatic N) is 2. The Bertz CT molecular complexity index is 1320. The van der Waals surface area contributed by atoms with Crippen LogP contribution >= 0.6 is 0 Å². The maximum absolute atomic E-state index is 13.2. The molecule has 4 rings (SSSR count). The smallest absolute Gasteiger partial charge is 0.315 e. The van der Waals surface area contributed by atoms with E-state index >= 15 is 0 Å². The van der Waals surface area contributed by atoms with E-state index in [1.165, 1.54) is 0 Å². The van der Waals surface area contributed by atoms with Crippen molar-refractivity contribution in [3.05, 3.63) is 33.9 Å². The van der Waals surface area contributed by atoms with Gasteiger partial charge in [0, 0.05) is 18.5 Å². The molecule has 1 aliphatic heterocycles. The van der Waals surface area contributed by atoms with E-state index in [1.54, 1.807) is 36.7 Å². The van der Waals surface area contributed by atoms with Crippen molar-refractivity contribution in [3.63, 3.8) is 0 Å². The lowest BCUT2D eigenvalue weighted by Crippen LogP contribution is -2.25. The average molecular weight is 519 g/mol. The van der Waals surface area contributed by atoms with Gasteiger partial charge in [0.05, 0.1) is 35.3 Å². The van der Waals surface area contributed by atoms with Crippen LogP contribution in [0.3, 0.4) is 0 Å². The largest absolute Gasteiger partial charge is 0.407 e. The number of benzene rings is 1. The molecule has 10 heteroatoms. The minimum Gasteiger partial charge on any atom is -0.407 e. The zero-order chi connectivity index (χ0) is 26.0. The lowest BCUT2D eigenvalue weighted by molar-refractivity contribution is -0.140. The fourth-order valence-electron chi connectivity index (χ4n) is 5.28. The summed E-state index contributed by atoms with van der Waals surface area (Å²) in [6, 6.07) is 1.70. The molecule has 2 aliphatic rings. The molecule has 0 spiro atoms. The Morgan fingerprint density at radius 2 is 1.94 bits per heavy atom. The number of esters is 1. The number of rotatable bonds is 7. The predicted molar refractivity (Wildman–Crippen MR) is 131 cm³/mol. The van der Waals surface area contributed by atoms with Crippen LogP contribution in [0.2, 0.25) is 0 Å². The van der Waals surface area contributed by atoms with Gasteiger partial charge in [0.25, 0.3) is 0 Å². The highest BCUT2D eigenvalue weighted by atomic mass is 32.2. The first-order chi connectivity index (χ1) is 17.2. The maximum Gasteiger partial charge on any atom is 0.315 e. The van der Waals surface area contributed by atoms with Crippen molar-refractivity contribution >= 4 is 21.7 Å². The van der Waals surface area contributed by atoms with E-state index in [0.29, 0.717) is 40.2 Å². The highest BCUT2D eigenvalue weighted by Gasteiger charge is 2.40. The van der Waals surface area contributed by atoms with E-state index in [-0.39, 0.29) is 29.8 Å². The minimum atomic E-state index is -4.07. The Hall–Kier alpha value is -2.81. The zero-order valence-electron chi connectivity index (χ0n) is 20.8. The lowest BCUT2D eigenvalue weighted by atomic mass is 9.89. The van der Waals surface area contributed by atoms with Gasteiger partial charge in [-0.3, -0.25) is 4.79 Å². The second-order valence-corrected chi connectivity index (χ2v) is 11.2. The molecule has 1 unspecified atom stereocenters. The summed E-state index contributed by atoms with van der Waals surface area (Å²) in [5, 5.41) is 4.40. The van der Waals surface area contributed by atoms with Gasteiger partial charge in [0.2, 0.25) is 15.7 Å². The first kappa shape index (κ1) is 26.3. The topological polar surface area (TPSA) is 105 Å². The van der Waals surface area contributed by atoms with Crippen LogP contribution in [0.25, 0.3) is 11.1 Å². The third kappa shape index (κ3) is 4.65. The van der Waals surface area contributed by atoms with Crippen molar-refractivity contribution < 1.29 is 31.9 Å². The molecule has 0 amide bonds. The summed E-state index contributed by atoms with van der Waals surface area (Å²) in [5.74, 6) is 1.41. The number of halogens is 1. The molecule has 0 radical (unpaired) electrons. The summed E-state index contributed by atoms with van der Waals surface area (Å²) in [6.07, 6.45) is 5.25. The molecule has 1 fully saturated rings. The molecule has 1 atom stereocenters. The van der Waals surface area contributed by atoms with Gasteiger partial charge in [-0.15, -0.1) is 0 Å². The van der Waals surface area contributed by atoms with Gasteiger partial charge in [0.15, 0.2) is 0 Å². The predicted octanol–water partition coefficient (Wildman–Crippen LogP) is 4.59. The van der Waals surface area contributed by atoms with Crippen LogP contribution in [0.4, 0.5) is 4.39 Å². The Labute approximate surface area is 210 Å². The van der Waals surface area contributed by atoms with Gasteiger partial charge in [0.1, 0.15) is 17.5 Å². The summed E-state index contributed by atoms with van der Waals surface area (Å²) in [4.78, 5) is 24.0. The number of aromatic nitrogens is 2. The SMILES string of the molecule is CCn1ncc(-c2cc(C)c3c(c2C)C(OCCF)CC(=C=O)S3(=O)=O)c1OC(=O)C1CCCCC1. The van der Waals surface area contributed by atoms with Crippen molar-refractivity contribution in [2.45, 2.75) is 76.8 Å². The molecule has 1 saturated carbocycles. The third-order valence-electron chi connectivity index (χ3n) is 7.08. The normalized spacial score (nSPS) is 19.6. The molecule has 1 aliphatic carbocycles. The van der Waals surface area contributed by atoms with Crippen LogP contribution in [0.1, 0.15) is 68.2 Å². The minimum absolute atomic E-state index is 0.0131. The number of hydrogen-bond acceptors (Lipinski definition) is 7. The summed E-state index contributed by atoms with van der Waals surface area (Å²) >= 11 is 0. The van der Waals surface area contributed by atoms with Crippen molar-refractivity contribution in [1.29, 1.82) is 0 Å². The van der Waals surface area contributed by atoms with Crippen molar-refractivity contribution in [1.82, 2.24) is 9.78 Å². The fraction of sp³-hybridized carbons (Fsp3) is 0.538. The Morgan fingerprint density at radius 3 is 2.58 bits per heavy atom. The maximum atomic E-state index is 13.2. The van der Waals surface area contributed by atoms with E-state index in [1.807, 2.05) is 6.92 Å². The van der Waals surface area contributed by atoms with Crippen molar-refractivity contribution in [2.75, 3.05) is 13.3 Å². The number of aryl methyl sites for hydroxylation is 2. The standard InChI is InChI=1S/C26H31FN2O6S/c1-4-29-25(35-26(31)18-8-6-5-7-9-18)21(14-28-29)20-12-16(2)24-23(17(20)3)22(34-11-10-27)13-19(15-30)36(24,32)33/h12,14,18,22H,4-11,13H2,1-3H3. The molecule has 2 heterocycles. The molecular formula is C26H31FN2O6S. The van der Waals surface area contributed by atoms with Crippen LogP contribution in [0.15, 0.2) is 22.1 Å². The van der Waals surface area contributed by atoms with E-state index < -0.39 is 27.5 Å². The lowest BCUT2D eigenvalue weighted by Gasteiger charge is -2.30. The summed E-state index contributed by atoms with van der Waals surface area (Å²) in [7, 11) is -4.07. The molecule has 8 nitrogen and oxygen atoms in total. The summed E-state index contributed by atoms with van der Waals surface area (Å²) in [6.45, 7) is 4.76. The summed E-state index contributed by atoms with van der Waals surface area (Å²) in [5.41, 5.74) is 2.56. The second kappa shape index (κ2) is 10.7. The van der Waals surface area contributed by atoms with Gasteiger partial charge in [-0.05, 0) is 56.4 Å². The van der Waals surface area contributed by atoms with Gasteiger partial charge < -0.3 is 9.47 Å². The van der Waals surface area contributed by atoms with Crippen LogP contribution in [-0.4, -0.2) is 43.4 Å². The summed E-state index contributed by atoms with van der Waals surface area (Å²) < 4.78 is 52.5. The first-order valence-corrected chi connectivity index (χ1v) is 13.8. The van der Waals surface area contributed by atoms with Gasteiger partial charge in [-0.2, -0.15) is 5.10 Å². The van der Waals surface area contributed by atoms with E-state index in [9.17, 15) is 22.4 Å². The monoisotopic (exact) mass is 518 g/mol. The molecule has 0 N–H and O–H groups in total. The number of sulfone groups is 1. The highest BCUT2D eigenvalue weighted by molar-refractivity contribution is 7.95. The quantitative estimate of drug-likeness (QED) is 0.390. The van der Waals surface area contributed by atoms with Gasteiger partial charge in [-0.25, -0.2) is 22.3 Å². The average Bonchev–Trinajstić information content (AvgIpc) is 3.27. The number of carbonyl (C=O) groups excluding carboxylic acids is 2. The third-order valence-corrected chi connectivity index (χ3v) is 9.06. The molecule has 1 aromatic carbocycles. The Kier molecular flexibility index (Phi) is 7.78. The Morgan fingerprint density at radius 1 is 1.22 bits per heavy atom. The highest BCUT2D eigenvalue weighted by Crippen LogP contribution is 2.47. The molecular weight excluding hydrogens is 487 g/mol. The Balaban J connectivity index is 1.85. The van der Waals surface area contributed by atoms with Crippen LogP contribution in [0, 0.1) is 19.8 Å². The van der Waals surface area contributed by atoms with Gasteiger partial charge in [-0.1, -0.05) is 19.3 Å². The zero-order valence-corrected chi connectivity index (χ0v) is 21.6. The van der Waals surface area contributed by atoms with Crippen LogP contribution < -0.4 is 4.74 Å². The molecule has 0 saturated heterocycles. The number of alkyl halides is 1. The van der Waals surface area contributed by atoms with Crippen molar-refractivity contribution in [2.24, 2.45) is 5.92 Å².